The van der Waals surface area contributed by atoms with E-state index in [2.05, 4.69) is 11.4 Å². The number of methoxy groups -OCH3 is 1. The predicted molar refractivity (Wildman–Crippen MR) is 67.6 cm³/mol. The standard InChI is InChI=1S/C13H15NO2.ClH/c1-16-12(15)10-4-2-3-9-7-14-8-13(5-6-13)11(9)10;/h2-4,14H,5-8H2,1H3;1H. The van der Waals surface area contributed by atoms with Gasteiger partial charge in [0, 0.05) is 18.5 Å². The summed E-state index contributed by atoms with van der Waals surface area (Å²) >= 11 is 0. The highest BCUT2D eigenvalue weighted by Crippen LogP contribution is 2.51. The van der Waals surface area contributed by atoms with Gasteiger partial charge in [-0.05, 0) is 30.0 Å². The van der Waals surface area contributed by atoms with Crippen molar-refractivity contribution in [3.8, 4) is 0 Å². The number of carbonyl (C=O) groups excluding carboxylic acids is 1. The molecule has 4 heteroatoms. The van der Waals surface area contributed by atoms with E-state index >= 15 is 0 Å². The molecule has 1 heterocycles. The lowest BCUT2D eigenvalue weighted by Crippen LogP contribution is -2.35. The third kappa shape index (κ3) is 1.83. The van der Waals surface area contributed by atoms with E-state index in [1.165, 1.54) is 31.1 Å². The SMILES string of the molecule is COC(=O)c1cccc2c1C1(CC1)CNC2.Cl. The van der Waals surface area contributed by atoms with Crippen molar-refractivity contribution >= 4 is 18.4 Å². The summed E-state index contributed by atoms with van der Waals surface area (Å²) in [7, 11) is 1.45. The number of hydrogen-bond acceptors (Lipinski definition) is 3. The van der Waals surface area contributed by atoms with Gasteiger partial charge in [-0.15, -0.1) is 12.4 Å². The van der Waals surface area contributed by atoms with Gasteiger partial charge in [0.25, 0.3) is 0 Å². The molecular weight excluding hydrogens is 238 g/mol. The van der Waals surface area contributed by atoms with Crippen LogP contribution in [0, 0.1) is 0 Å². The molecule has 2 aliphatic rings. The average Bonchev–Trinajstić information content (AvgIpc) is 3.08. The Morgan fingerprint density at radius 1 is 1.41 bits per heavy atom. The summed E-state index contributed by atoms with van der Waals surface area (Å²) in [5, 5.41) is 3.43. The monoisotopic (exact) mass is 253 g/mol. The van der Waals surface area contributed by atoms with Crippen LogP contribution in [0.1, 0.15) is 34.3 Å². The van der Waals surface area contributed by atoms with Gasteiger partial charge in [-0.1, -0.05) is 12.1 Å². The molecule has 1 aliphatic carbocycles. The second kappa shape index (κ2) is 4.31. The first-order valence-electron chi connectivity index (χ1n) is 5.68. The quantitative estimate of drug-likeness (QED) is 0.779. The van der Waals surface area contributed by atoms with Crippen molar-refractivity contribution in [2.75, 3.05) is 13.7 Å². The van der Waals surface area contributed by atoms with Crippen molar-refractivity contribution in [2.24, 2.45) is 0 Å². The Morgan fingerprint density at radius 3 is 2.82 bits per heavy atom. The van der Waals surface area contributed by atoms with Crippen LogP contribution in [0.5, 0.6) is 0 Å². The van der Waals surface area contributed by atoms with Crippen molar-refractivity contribution in [3.63, 3.8) is 0 Å². The van der Waals surface area contributed by atoms with Crippen LogP contribution in [-0.4, -0.2) is 19.6 Å². The molecule has 0 saturated heterocycles. The molecule has 1 fully saturated rings. The summed E-state index contributed by atoms with van der Waals surface area (Å²) < 4.78 is 4.86. The minimum absolute atomic E-state index is 0. The number of carbonyl (C=O) groups is 1. The van der Waals surface area contributed by atoms with Crippen LogP contribution in [0.3, 0.4) is 0 Å². The molecule has 1 aliphatic heterocycles. The van der Waals surface area contributed by atoms with Crippen LogP contribution in [0.15, 0.2) is 18.2 Å². The molecule has 1 spiro atoms. The zero-order valence-electron chi connectivity index (χ0n) is 9.79. The van der Waals surface area contributed by atoms with Gasteiger partial charge < -0.3 is 10.1 Å². The summed E-state index contributed by atoms with van der Waals surface area (Å²) in [6.45, 7) is 1.86. The number of ether oxygens (including phenoxy) is 1. The lowest BCUT2D eigenvalue weighted by Gasteiger charge is -2.28. The zero-order valence-corrected chi connectivity index (χ0v) is 10.6. The van der Waals surface area contributed by atoms with E-state index in [-0.39, 0.29) is 23.8 Å². The molecule has 3 rings (SSSR count). The Kier molecular flexibility index (Phi) is 3.15. The van der Waals surface area contributed by atoms with Gasteiger partial charge in [-0.2, -0.15) is 0 Å². The summed E-state index contributed by atoms with van der Waals surface area (Å²) in [6, 6.07) is 5.93. The Balaban J connectivity index is 0.00000108. The Labute approximate surface area is 107 Å². The number of benzene rings is 1. The highest BCUT2D eigenvalue weighted by molar-refractivity contribution is 5.92. The van der Waals surface area contributed by atoms with E-state index in [0.29, 0.717) is 0 Å². The lowest BCUT2D eigenvalue weighted by molar-refractivity contribution is 0.0598. The first-order valence-corrected chi connectivity index (χ1v) is 5.68. The maximum Gasteiger partial charge on any atom is 0.338 e. The molecule has 0 radical (unpaired) electrons. The topological polar surface area (TPSA) is 38.3 Å². The summed E-state index contributed by atoms with van der Waals surface area (Å²) in [5.74, 6) is -0.204. The molecule has 17 heavy (non-hydrogen) atoms. The Morgan fingerprint density at radius 2 is 2.18 bits per heavy atom. The third-order valence-electron chi connectivity index (χ3n) is 3.72. The number of rotatable bonds is 1. The molecule has 1 N–H and O–H groups in total. The molecule has 0 aromatic heterocycles. The fraction of sp³-hybridized carbons (Fsp3) is 0.462. The van der Waals surface area contributed by atoms with Gasteiger partial charge in [0.2, 0.25) is 0 Å². The fourth-order valence-corrected chi connectivity index (χ4v) is 2.76. The van der Waals surface area contributed by atoms with E-state index in [9.17, 15) is 4.79 Å². The normalized spacial score (nSPS) is 19.1. The van der Waals surface area contributed by atoms with Crippen LogP contribution in [0.4, 0.5) is 0 Å². The van der Waals surface area contributed by atoms with Crippen molar-refractivity contribution in [1.82, 2.24) is 5.32 Å². The molecule has 0 amide bonds. The maximum atomic E-state index is 11.8. The van der Waals surface area contributed by atoms with Gasteiger partial charge >= 0.3 is 5.97 Å². The van der Waals surface area contributed by atoms with Crippen LogP contribution >= 0.6 is 12.4 Å². The van der Waals surface area contributed by atoms with Crippen LogP contribution in [0.25, 0.3) is 0 Å². The van der Waals surface area contributed by atoms with Gasteiger partial charge in [0.1, 0.15) is 0 Å². The van der Waals surface area contributed by atoms with Gasteiger partial charge in [-0.25, -0.2) is 4.79 Å². The van der Waals surface area contributed by atoms with Gasteiger partial charge in [0.15, 0.2) is 0 Å². The predicted octanol–water partition coefficient (Wildman–Crippen LogP) is 2.03. The number of halogens is 1. The Hall–Kier alpha value is -1.06. The highest BCUT2D eigenvalue weighted by Gasteiger charge is 2.48. The van der Waals surface area contributed by atoms with Crippen molar-refractivity contribution in [3.05, 3.63) is 34.9 Å². The first kappa shape index (κ1) is 12.4. The fourth-order valence-electron chi connectivity index (χ4n) is 2.76. The largest absolute Gasteiger partial charge is 0.465 e. The van der Waals surface area contributed by atoms with E-state index in [0.717, 1.165) is 18.7 Å². The van der Waals surface area contributed by atoms with E-state index < -0.39 is 0 Å². The van der Waals surface area contributed by atoms with Gasteiger partial charge in [0.05, 0.1) is 12.7 Å². The Bertz CT molecular complexity index is 455. The van der Waals surface area contributed by atoms with E-state index in [4.69, 9.17) is 4.74 Å². The van der Waals surface area contributed by atoms with Crippen molar-refractivity contribution in [1.29, 1.82) is 0 Å². The molecule has 0 atom stereocenters. The zero-order chi connectivity index (χ0) is 11.2. The smallest absolute Gasteiger partial charge is 0.338 e. The number of hydrogen-bond donors (Lipinski definition) is 1. The molecular formula is C13H16ClNO2. The molecule has 92 valence electrons. The van der Waals surface area contributed by atoms with Crippen molar-refractivity contribution < 1.29 is 9.53 Å². The molecule has 1 aromatic carbocycles. The van der Waals surface area contributed by atoms with E-state index in [1.54, 1.807) is 0 Å². The highest BCUT2D eigenvalue weighted by atomic mass is 35.5. The molecule has 1 saturated carbocycles. The van der Waals surface area contributed by atoms with Crippen LogP contribution < -0.4 is 5.32 Å². The second-order valence-electron chi connectivity index (χ2n) is 4.72. The number of fused-ring (bicyclic) bond motifs is 2. The maximum absolute atomic E-state index is 11.8. The molecule has 3 nitrogen and oxygen atoms in total. The van der Waals surface area contributed by atoms with Crippen LogP contribution in [-0.2, 0) is 16.7 Å². The summed E-state index contributed by atoms with van der Waals surface area (Å²) in [6.07, 6.45) is 2.36. The average molecular weight is 254 g/mol. The lowest BCUT2D eigenvalue weighted by atomic mass is 9.84. The number of esters is 1. The third-order valence-corrected chi connectivity index (χ3v) is 3.72. The van der Waals surface area contributed by atoms with Gasteiger partial charge in [-0.3, -0.25) is 0 Å². The number of nitrogens with one attached hydrogen (secondary N) is 1. The summed E-state index contributed by atoms with van der Waals surface area (Å²) in [4.78, 5) is 11.8. The second-order valence-corrected chi connectivity index (χ2v) is 4.72. The minimum atomic E-state index is -0.204. The van der Waals surface area contributed by atoms with Crippen LogP contribution in [0.2, 0.25) is 0 Å². The summed E-state index contributed by atoms with van der Waals surface area (Å²) in [5.41, 5.74) is 3.48. The molecule has 0 bridgehead atoms. The van der Waals surface area contributed by atoms with E-state index in [1.807, 2.05) is 12.1 Å². The minimum Gasteiger partial charge on any atom is -0.465 e. The molecule has 0 unspecified atom stereocenters. The molecule has 1 aromatic rings. The first-order chi connectivity index (χ1) is 7.77. The van der Waals surface area contributed by atoms with Crippen molar-refractivity contribution in [2.45, 2.75) is 24.8 Å².